The Hall–Kier alpha value is -2.16. The number of hydrogen-bond acceptors (Lipinski definition) is 3. The number of carbonyl (C=O) groups is 1. The van der Waals surface area contributed by atoms with Crippen LogP contribution in [0.25, 0.3) is 0 Å². The van der Waals surface area contributed by atoms with Gasteiger partial charge in [0, 0.05) is 18.5 Å². The lowest BCUT2D eigenvalue weighted by molar-refractivity contribution is -0.142. The maximum absolute atomic E-state index is 12.2. The zero-order chi connectivity index (χ0) is 14.8. The van der Waals surface area contributed by atoms with Gasteiger partial charge in [-0.3, -0.25) is 9.48 Å². The number of pyridine rings is 1. The average molecular weight is 302 g/mol. The van der Waals surface area contributed by atoms with E-state index >= 15 is 0 Å². The molecule has 0 aliphatic rings. The average Bonchev–Trinajstić information content (AvgIpc) is 2.74. The highest BCUT2D eigenvalue weighted by atomic mass is 32.1. The van der Waals surface area contributed by atoms with Crippen molar-refractivity contribution in [1.82, 2.24) is 14.8 Å². The van der Waals surface area contributed by atoms with Crippen molar-refractivity contribution in [1.29, 1.82) is 0 Å². The van der Waals surface area contributed by atoms with E-state index < -0.39 is 18.6 Å². The Bertz CT molecular complexity index is 677. The number of hydrogen-bond donors (Lipinski definition) is 2. The number of rotatable bonds is 3. The fourth-order valence-electron chi connectivity index (χ4n) is 1.48. The van der Waals surface area contributed by atoms with Crippen molar-refractivity contribution in [3.8, 4) is 0 Å². The largest absolute Gasteiger partial charge is 0.408 e. The van der Waals surface area contributed by atoms with Gasteiger partial charge in [-0.05, 0) is 12.1 Å². The molecular weight excluding hydrogens is 293 g/mol. The topological polar surface area (TPSA) is 62.7 Å². The lowest BCUT2D eigenvalue weighted by Gasteiger charge is -2.05. The van der Waals surface area contributed by atoms with Crippen LogP contribution < -0.4 is 5.32 Å². The van der Waals surface area contributed by atoms with Crippen molar-refractivity contribution in [2.75, 3.05) is 5.32 Å². The van der Waals surface area contributed by atoms with Crippen LogP contribution >= 0.6 is 12.2 Å². The number of nitrogens with one attached hydrogen (secondary N) is 2. The fourth-order valence-corrected chi connectivity index (χ4v) is 1.71. The second kappa shape index (κ2) is 5.45. The van der Waals surface area contributed by atoms with E-state index in [2.05, 4.69) is 15.4 Å². The molecule has 0 aliphatic carbocycles. The van der Waals surface area contributed by atoms with Crippen LogP contribution in [0.4, 0.5) is 19.0 Å². The third-order valence-electron chi connectivity index (χ3n) is 2.29. The number of H-pyrrole nitrogens is 1. The Balaban J connectivity index is 2.10. The molecular formula is C11H9F3N4OS. The van der Waals surface area contributed by atoms with Crippen molar-refractivity contribution in [3.05, 3.63) is 40.8 Å². The van der Waals surface area contributed by atoms with Crippen LogP contribution in [0.15, 0.2) is 30.6 Å². The summed E-state index contributed by atoms with van der Waals surface area (Å²) in [6.07, 6.45) is -1.67. The van der Waals surface area contributed by atoms with Crippen LogP contribution in [0, 0.1) is 4.64 Å². The molecule has 0 aromatic carbocycles. The van der Waals surface area contributed by atoms with Gasteiger partial charge < -0.3 is 10.3 Å². The number of aromatic nitrogens is 3. The van der Waals surface area contributed by atoms with Crippen LogP contribution in [0.2, 0.25) is 0 Å². The molecule has 0 bridgehead atoms. The van der Waals surface area contributed by atoms with E-state index in [-0.39, 0.29) is 16.0 Å². The molecule has 2 aromatic heterocycles. The smallest absolute Gasteiger partial charge is 0.352 e. The van der Waals surface area contributed by atoms with Gasteiger partial charge in [0.1, 0.15) is 11.2 Å². The molecule has 2 rings (SSSR count). The van der Waals surface area contributed by atoms with Crippen LogP contribution in [0.1, 0.15) is 10.4 Å². The van der Waals surface area contributed by atoms with Crippen LogP contribution in [-0.4, -0.2) is 26.8 Å². The fraction of sp³-hybridized carbons (Fsp3) is 0.182. The molecule has 106 valence electrons. The van der Waals surface area contributed by atoms with Crippen molar-refractivity contribution in [2.45, 2.75) is 12.7 Å². The molecule has 2 N–H and O–H groups in total. The van der Waals surface area contributed by atoms with Crippen molar-refractivity contribution in [2.24, 2.45) is 0 Å². The molecule has 0 fully saturated rings. The van der Waals surface area contributed by atoms with Gasteiger partial charge in [-0.25, -0.2) is 0 Å². The molecule has 2 aromatic rings. The molecule has 0 atom stereocenters. The predicted molar refractivity (Wildman–Crippen MR) is 67.9 cm³/mol. The highest BCUT2D eigenvalue weighted by Gasteiger charge is 2.28. The third-order valence-corrected chi connectivity index (χ3v) is 2.62. The first-order valence-electron chi connectivity index (χ1n) is 5.44. The van der Waals surface area contributed by atoms with E-state index in [1.54, 1.807) is 12.3 Å². The molecule has 5 nitrogen and oxygen atoms in total. The molecule has 0 saturated carbocycles. The lowest BCUT2D eigenvalue weighted by atomic mass is 10.3. The highest BCUT2D eigenvalue weighted by molar-refractivity contribution is 7.71. The number of alkyl halides is 3. The standard InChI is InChI=1S/C11H9F3N4OS/c12-11(13,14)6-18-5-3-8(17-18)16-9(19)7-2-1-4-15-10(7)20/h1-5H,6H2,(H,15,20)(H,16,17,19). The van der Waals surface area contributed by atoms with Gasteiger partial charge in [-0.2, -0.15) is 18.3 Å². The second-order valence-electron chi connectivity index (χ2n) is 3.88. The van der Waals surface area contributed by atoms with Crippen LogP contribution in [0.5, 0.6) is 0 Å². The van der Waals surface area contributed by atoms with E-state index in [0.717, 1.165) is 6.20 Å². The van der Waals surface area contributed by atoms with Gasteiger partial charge in [0.25, 0.3) is 5.91 Å². The number of anilines is 1. The number of aromatic amines is 1. The zero-order valence-corrected chi connectivity index (χ0v) is 10.8. The molecule has 2 heterocycles. The third kappa shape index (κ3) is 3.67. The van der Waals surface area contributed by atoms with E-state index in [0.29, 0.717) is 4.68 Å². The quantitative estimate of drug-likeness (QED) is 0.857. The van der Waals surface area contributed by atoms with Crippen molar-refractivity contribution >= 4 is 23.9 Å². The number of carbonyl (C=O) groups excluding carboxylic acids is 1. The number of nitrogens with zero attached hydrogens (tertiary/aromatic N) is 2. The molecule has 0 radical (unpaired) electrons. The summed E-state index contributed by atoms with van der Waals surface area (Å²) >= 11 is 4.93. The molecule has 0 unspecified atom stereocenters. The van der Waals surface area contributed by atoms with Crippen molar-refractivity contribution in [3.63, 3.8) is 0 Å². The summed E-state index contributed by atoms with van der Waals surface area (Å²) in [5.41, 5.74) is 0.216. The van der Waals surface area contributed by atoms with E-state index in [4.69, 9.17) is 12.2 Å². The highest BCUT2D eigenvalue weighted by Crippen LogP contribution is 2.17. The summed E-state index contributed by atoms with van der Waals surface area (Å²) in [7, 11) is 0. The molecule has 1 amide bonds. The molecule has 9 heteroatoms. The SMILES string of the molecule is O=C(Nc1ccn(CC(F)(F)F)n1)c1ccc[nH]c1=S. The van der Waals surface area contributed by atoms with Gasteiger partial charge in [0.15, 0.2) is 5.82 Å². The van der Waals surface area contributed by atoms with E-state index in [1.165, 1.54) is 12.1 Å². The molecule has 0 aliphatic heterocycles. The minimum atomic E-state index is -4.37. The Kier molecular flexibility index (Phi) is 3.89. The van der Waals surface area contributed by atoms with Gasteiger partial charge in [-0.1, -0.05) is 12.2 Å². The van der Waals surface area contributed by atoms with Crippen LogP contribution in [-0.2, 0) is 6.54 Å². The Morgan fingerprint density at radius 1 is 1.45 bits per heavy atom. The summed E-state index contributed by atoms with van der Waals surface area (Å²) in [6, 6.07) is 4.37. The number of amides is 1. The normalized spacial score (nSPS) is 11.3. The van der Waals surface area contributed by atoms with Crippen LogP contribution in [0.3, 0.4) is 0 Å². The monoisotopic (exact) mass is 302 g/mol. The summed E-state index contributed by atoms with van der Waals surface area (Å²) in [5, 5.41) is 5.99. The summed E-state index contributed by atoms with van der Waals surface area (Å²) in [4.78, 5) is 14.5. The first kappa shape index (κ1) is 14.3. The molecule has 20 heavy (non-hydrogen) atoms. The zero-order valence-electron chi connectivity index (χ0n) is 9.94. The van der Waals surface area contributed by atoms with Gasteiger partial charge in [0.05, 0.1) is 5.56 Å². The molecule has 0 saturated heterocycles. The minimum absolute atomic E-state index is 0.0255. The van der Waals surface area contributed by atoms with Gasteiger partial charge >= 0.3 is 6.18 Å². The molecule has 0 spiro atoms. The number of halogens is 3. The van der Waals surface area contributed by atoms with Gasteiger partial charge in [-0.15, -0.1) is 0 Å². The lowest BCUT2D eigenvalue weighted by Crippen LogP contribution is -2.18. The maximum atomic E-state index is 12.2. The Labute approximate surface area is 116 Å². The predicted octanol–water partition coefficient (Wildman–Crippen LogP) is 2.76. The minimum Gasteiger partial charge on any atom is -0.352 e. The van der Waals surface area contributed by atoms with Crippen molar-refractivity contribution < 1.29 is 18.0 Å². The second-order valence-corrected chi connectivity index (χ2v) is 4.29. The maximum Gasteiger partial charge on any atom is 0.408 e. The first-order valence-corrected chi connectivity index (χ1v) is 5.85. The first-order chi connectivity index (χ1) is 9.35. The summed E-state index contributed by atoms with van der Waals surface area (Å²) < 4.78 is 37.4. The van der Waals surface area contributed by atoms with E-state index in [9.17, 15) is 18.0 Å². The van der Waals surface area contributed by atoms with E-state index in [1.807, 2.05) is 0 Å². The Morgan fingerprint density at radius 3 is 2.85 bits per heavy atom. The van der Waals surface area contributed by atoms with Gasteiger partial charge in [0.2, 0.25) is 0 Å². The summed E-state index contributed by atoms with van der Waals surface area (Å²) in [5.74, 6) is -0.512. The Morgan fingerprint density at radius 2 is 2.20 bits per heavy atom. The summed E-state index contributed by atoms with van der Waals surface area (Å²) in [6.45, 7) is -1.21.